The minimum absolute atomic E-state index is 0.000299. The average Bonchev–Trinajstić information content (AvgIpc) is 4.42. The molecule has 6 amide bonds. The Bertz CT molecular complexity index is 3790. The van der Waals surface area contributed by atoms with Crippen LogP contribution < -0.4 is 16.0 Å². The predicted molar refractivity (Wildman–Crippen MR) is 300 cm³/mol. The van der Waals surface area contributed by atoms with Crippen LogP contribution in [0.3, 0.4) is 0 Å². The molecule has 6 aromatic carbocycles. The highest BCUT2D eigenvalue weighted by Gasteiger charge is 2.32. The van der Waals surface area contributed by atoms with Gasteiger partial charge in [-0.2, -0.15) is 25.8 Å². The van der Waals surface area contributed by atoms with Gasteiger partial charge in [-0.3, -0.25) is 15.3 Å². The molecule has 1 unspecified atom stereocenters. The van der Waals surface area contributed by atoms with Crippen LogP contribution in [-0.2, 0) is 38.9 Å². The van der Waals surface area contributed by atoms with E-state index >= 15 is 0 Å². The Kier molecular flexibility index (Phi) is 16.0. The van der Waals surface area contributed by atoms with Crippen LogP contribution in [0, 0.1) is 34.3 Å². The molecule has 0 aliphatic carbocycles. The molecule has 3 aliphatic rings. The molecule has 12 rings (SSSR count). The van der Waals surface area contributed by atoms with Crippen molar-refractivity contribution in [1.29, 1.82) is 10.5 Å². The fourth-order valence-electron chi connectivity index (χ4n) is 9.75. The van der Waals surface area contributed by atoms with Crippen molar-refractivity contribution in [3.05, 3.63) is 213 Å². The van der Waals surface area contributed by atoms with Gasteiger partial charge >= 0.3 is 18.1 Å². The zero-order chi connectivity index (χ0) is 55.7. The molecule has 0 radical (unpaired) electrons. The number of aromatic nitrogens is 6. The summed E-state index contributed by atoms with van der Waals surface area (Å²) in [6.45, 7) is 4.40. The number of nitriles is 2. The number of carbonyl (C=O) groups excluding carboxylic acids is 3. The summed E-state index contributed by atoms with van der Waals surface area (Å²) < 4.78 is 27.6. The highest BCUT2D eigenvalue weighted by atomic mass is 35.5. The molecule has 400 valence electrons. The van der Waals surface area contributed by atoms with Gasteiger partial charge in [-0.1, -0.05) is 115 Å². The van der Waals surface area contributed by atoms with E-state index in [-0.39, 0.29) is 34.9 Å². The Morgan fingerprint density at radius 2 is 1.05 bits per heavy atom. The minimum atomic E-state index is -0.723. The third-order valence-corrected chi connectivity index (χ3v) is 14.2. The van der Waals surface area contributed by atoms with Gasteiger partial charge in [0.25, 0.3) is 0 Å². The second kappa shape index (κ2) is 24.1. The van der Waals surface area contributed by atoms with Gasteiger partial charge in [0.15, 0.2) is 5.82 Å². The number of halogens is 3. The maximum Gasteiger partial charge on any atom is 0.322 e. The number of nitrogens with one attached hydrogen (secondary N) is 6. The van der Waals surface area contributed by atoms with Crippen molar-refractivity contribution in [2.45, 2.75) is 51.9 Å². The minimum Gasteiger partial charge on any atom is -0.320 e. The molecule has 3 aliphatic heterocycles. The number of hydrogen-bond acceptors (Lipinski definition) is 8. The van der Waals surface area contributed by atoms with E-state index in [4.69, 9.17) is 22.1 Å². The van der Waals surface area contributed by atoms with E-state index in [0.29, 0.717) is 62.0 Å². The van der Waals surface area contributed by atoms with E-state index < -0.39 is 17.7 Å². The van der Waals surface area contributed by atoms with Crippen molar-refractivity contribution in [2.24, 2.45) is 0 Å². The van der Waals surface area contributed by atoms with E-state index in [2.05, 4.69) is 46.5 Å². The van der Waals surface area contributed by atoms with E-state index in [1.165, 1.54) is 36.4 Å². The Morgan fingerprint density at radius 1 is 0.562 bits per heavy atom. The van der Waals surface area contributed by atoms with Crippen LogP contribution in [0.2, 0.25) is 5.02 Å². The molecule has 0 saturated heterocycles. The summed E-state index contributed by atoms with van der Waals surface area (Å²) in [5.74, 6) is -1.33. The van der Waals surface area contributed by atoms with E-state index in [0.717, 1.165) is 74.0 Å². The van der Waals surface area contributed by atoms with Crippen molar-refractivity contribution in [3.8, 4) is 45.9 Å². The quantitative estimate of drug-likeness (QED) is 0.0935. The maximum absolute atomic E-state index is 14.2. The van der Waals surface area contributed by atoms with E-state index in [9.17, 15) is 23.2 Å². The van der Waals surface area contributed by atoms with Gasteiger partial charge in [-0.25, -0.2) is 23.2 Å². The lowest BCUT2D eigenvalue weighted by Crippen LogP contribution is -2.44. The molecule has 0 saturated carbocycles. The Balaban J connectivity index is 0.000000135. The first kappa shape index (κ1) is 53.3. The normalized spacial score (nSPS) is 14.0. The Morgan fingerprint density at radius 3 is 1.59 bits per heavy atom. The number of urea groups is 3. The van der Waals surface area contributed by atoms with Gasteiger partial charge in [0.1, 0.15) is 18.0 Å². The van der Waals surface area contributed by atoms with Gasteiger partial charge < -0.3 is 30.7 Å². The zero-order valence-corrected chi connectivity index (χ0v) is 43.9. The van der Waals surface area contributed by atoms with Gasteiger partial charge in [0.05, 0.1) is 53.5 Å². The summed E-state index contributed by atoms with van der Waals surface area (Å²) in [5, 5.41) is 49.3. The number of anilines is 3. The van der Waals surface area contributed by atoms with E-state index in [1.807, 2.05) is 115 Å². The summed E-state index contributed by atoms with van der Waals surface area (Å²) in [7, 11) is 0. The van der Waals surface area contributed by atoms with Crippen LogP contribution >= 0.6 is 11.6 Å². The highest BCUT2D eigenvalue weighted by molar-refractivity contribution is 6.30. The van der Waals surface area contributed by atoms with Crippen LogP contribution in [0.4, 0.5) is 40.2 Å². The largest absolute Gasteiger partial charge is 0.322 e. The van der Waals surface area contributed by atoms with Crippen LogP contribution in [-0.4, -0.2) is 82.5 Å². The molecule has 17 nitrogen and oxygen atoms in total. The number of aromatic amines is 3. The third-order valence-electron chi connectivity index (χ3n) is 13.9. The molecular formula is C60H51ClF2N14O3. The lowest BCUT2D eigenvalue weighted by Gasteiger charge is -2.33. The number of benzene rings is 6. The number of fused-ring (bicyclic) bond motifs is 3. The first-order valence-corrected chi connectivity index (χ1v) is 26.0. The van der Waals surface area contributed by atoms with Crippen molar-refractivity contribution in [1.82, 2.24) is 45.3 Å². The molecule has 20 heteroatoms. The standard InChI is InChI=1S/C20H19ClN4O.2C20H16FN5O/c1-13-10-18-17(19(24-23-18)14-6-3-2-4-7-14)12-25(13)20(26)22-16-9-5-8-15(21)11-16;21-18-14(11-22)7-4-8-17(18)23-20(27)26-10-9-16-15(12-26)19(25-24-16)13-5-2-1-3-6-13;21-17-7-6-15(10-14(17)11-22)23-20(27)26-9-8-18-16(12-26)19(25-24-18)13-4-2-1-3-5-13/h2-9,11,13H,10,12H2,1H3,(H,22,26)(H,23,24);1-8H,9-10,12H2,(H,23,27)(H,24,25);1-7,10H,8-9,12H2,(H,23,27)(H,24,25). The number of carbonyl (C=O) groups is 3. The summed E-state index contributed by atoms with van der Waals surface area (Å²) in [6, 6.07) is 47.8. The van der Waals surface area contributed by atoms with Crippen LogP contribution in [0.15, 0.2) is 152 Å². The highest BCUT2D eigenvalue weighted by Crippen LogP contribution is 2.33. The second-order valence-electron chi connectivity index (χ2n) is 19.1. The molecule has 9 aromatic rings. The summed E-state index contributed by atoms with van der Waals surface area (Å²) in [4.78, 5) is 43.2. The lowest BCUT2D eigenvalue weighted by atomic mass is 9.97. The fourth-order valence-corrected chi connectivity index (χ4v) is 9.94. The molecule has 0 fully saturated rings. The number of hydrogen-bond donors (Lipinski definition) is 6. The lowest BCUT2D eigenvalue weighted by molar-refractivity contribution is 0.182. The van der Waals surface area contributed by atoms with Crippen LogP contribution in [0.5, 0.6) is 0 Å². The molecule has 0 spiro atoms. The smallest absolute Gasteiger partial charge is 0.320 e. The maximum atomic E-state index is 14.2. The first-order valence-electron chi connectivity index (χ1n) is 25.6. The van der Waals surface area contributed by atoms with Gasteiger partial charge in [-0.15, -0.1) is 0 Å². The average molecular weight is 1090 g/mol. The number of H-pyrrole nitrogens is 3. The van der Waals surface area contributed by atoms with Crippen molar-refractivity contribution in [2.75, 3.05) is 29.0 Å². The summed E-state index contributed by atoms with van der Waals surface area (Å²) in [5.41, 5.74) is 12.7. The second-order valence-corrected chi connectivity index (χ2v) is 19.5. The monoisotopic (exact) mass is 1090 g/mol. The molecule has 80 heavy (non-hydrogen) atoms. The molecule has 6 heterocycles. The topological polar surface area (TPSA) is 231 Å². The Labute approximate surface area is 463 Å². The number of amides is 6. The number of rotatable bonds is 6. The molecule has 3 aromatic heterocycles. The SMILES string of the molecule is CC1Cc2[nH]nc(-c3ccccc3)c2CN1C(=O)Nc1cccc(Cl)c1.N#Cc1cc(NC(=O)N2CCc3[nH]nc(-c4ccccc4)c3C2)ccc1F.N#Cc1cccc(NC(=O)N2CCc3[nH]nc(-c4ccccc4)c3C2)c1F. The first-order chi connectivity index (χ1) is 38.9. The Hall–Kier alpha value is -10.1. The third kappa shape index (κ3) is 11.9. The summed E-state index contributed by atoms with van der Waals surface area (Å²) in [6.07, 6.45) is 2.07. The van der Waals surface area contributed by atoms with Crippen molar-refractivity contribution < 1.29 is 23.2 Å². The predicted octanol–water partition coefficient (Wildman–Crippen LogP) is 12.1. The van der Waals surface area contributed by atoms with Crippen molar-refractivity contribution >= 4 is 46.8 Å². The molecule has 0 bridgehead atoms. The number of nitrogens with zero attached hydrogens (tertiary/aromatic N) is 8. The zero-order valence-electron chi connectivity index (χ0n) is 43.1. The van der Waals surface area contributed by atoms with E-state index in [1.54, 1.807) is 34.1 Å². The molecular weight excluding hydrogens is 1040 g/mol. The van der Waals surface area contributed by atoms with Crippen molar-refractivity contribution in [3.63, 3.8) is 0 Å². The van der Waals surface area contributed by atoms with Crippen LogP contribution in [0.25, 0.3) is 33.8 Å². The molecule has 1 atom stereocenters. The fraction of sp³-hybridized carbons (Fsp3) is 0.167. The van der Waals surface area contributed by atoms with Gasteiger partial charge in [0.2, 0.25) is 0 Å². The van der Waals surface area contributed by atoms with Crippen LogP contribution in [0.1, 0.15) is 51.8 Å². The molecule has 6 N–H and O–H groups in total. The van der Waals surface area contributed by atoms with Gasteiger partial charge in [0, 0.05) is 105 Å². The van der Waals surface area contributed by atoms with Gasteiger partial charge in [-0.05, 0) is 55.5 Å². The summed E-state index contributed by atoms with van der Waals surface area (Å²) >= 11 is 6.01.